The number of pyridine rings is 1. The van der Waals surface area contributed by atoms with Gasteiger partial charge in [-0.25, -0.2) is 4.98 Å². The fourth-order valence-corrected chi connectivity index (χ4v) is 4.16. The molecule has 1 aliphatic carbocycles. The minimum Gasteiger partial charge on any atom is -0.389 e. The largest absolute Gasteiger partial charge is 0.389 e. The molecule has 1 aromatic carbocycles. The number of aryl methyl sites for hydroxylation is 1. The molecule has 2 aliphatic rings. The molecule has 1 fully saturated rings. The molecule has 1 N–H and O–H groups in total. The van der Waals surface area contributed by atoms with E-state index in [9.17, 15) is 5.11 Å². The molecule has 0 spiro atoms. The lowest BCUT2D eigenvalue weighted by Gasteiger charge is -2.36. The van der Waals surface area contributed by atoms with E-state index in [4.69, 9.17) is 4.74 Å². The first-order valence-electron chi connectivity index (χ1n) is 10.1. The summed E-state index contributed by atoms with van der Waals surface area (Å²) < 4.78 is 6.11. The second-order valence-electron chi connectivity index (χ2n) is 7.54. The first kappa shape index (κ1) is 18.4. The van der Waals surface area contributed by atoms with Gasteiger partial charge in [-0.2, -0.15) is 0 Å². The Bertz CT molecular complexity index is 717. The molecule has 144 valence electrons. The van der Waals surface area contributed by atoms with E-state index < -0.39 is 6.10 Å². The summed E-state index contributed by atoms with van der Waals surface area (Å²) in [7, 11) is 0. The highest BCUT2D eigenvalue weighted by Crippen LogP contribution is 2.32. The molecule has 5 nitrogen and oxygen atoms in total. The molecule has 0 radical (unpaired) electrons. The highest BCUT2D eigenvalue weighted by atomic mass is 16.5. The zero-order valence-electron chi connectivity index (χ0n) is 15.8. The number of ether oxygens (including phenoxy) is 1. The fraction of sp³-hybridized carbons (Fsp3) is 0.500. The summed E-state index contributed by atoms with van der Waals surface area (Å²) in [5.74, 6) is 1.04. The highest BCUT2D eigenvalue weighted by molar-refractivity contribution is 5.38. The number of anilines is 1. The molecule has 0 unspecified atom stereocenters. The van der Waals surface area contributed by atoms with Gasteiger partial charge in [0.05, 0.1) is 18.8 Å². The Balaban J connectivity index is 1.22. The molecule has 4 rings (SSSR count). The lowest BCUT2D eigenvalue weighted by molar-refractivity contribution is -0.0285. The van der Waals surface area contributed by atoms with Crippen molar-refractivity contribution < 1.29 is 9.84 Å². The van der Waals surface area contributed by atoms with E-state index in [1.54, 1.807) is 0 Å². The molecule has 0 bridgehead atoms. The number of hydrogen-bond acceptors (Lipinski definition) is 5. The van der Waals surface area contributed by atoms with Gasteiger partial charge in [-0.1, -0.05) is 30.3 Å². The maximum absolute atomic E-state index is 10.5. The van der Waals surface area contributed by atoms with Crippen molar-refractivity contribution in [2.45, 2.75) is 31.5 Å². The Hall–Kier alpha value is -1.95. The van der Waals surface area contributed by atoms with Gasteiger partial charge in [0.15, 0.2) is 0 Å². The van der Waals surface area contributed by atoms with Crippen LogP contribution in [0.25, 0.3) is 0 Å². The molecule has 5 heteroatoms. The summed E-state index contributed by atoms with van der Waals surface area (Å²) in [6.45, 7) is 4.85. The average molecular weight is 367 g/mol. The first-order valence-corrected chi connectivity index (χ1v) is 10.1. The quantitative estimate of drug-likeness (QED) is 0.851. The third kappa shape index (κ3) is 4.67. The smallest absolute Gasteiger partial charge is 0.128 e. The van der Waals surface area contributed by atoms with Crippen LogP contribution in [0.4, 0.5) is 5.82 Å². The molecule has 2 atom stereocenters. The standard InChI is InChI=1S/C22H29N3O2/c26-19(17-27-21-9-5-7-18-6-1-2-8-20(18)21)16-24-12-14-25(15-13-24)22-10-3-4-11-23-22/h1-4,6,8,10-11,19,21,26H,5,7,9,12-17H2/t19-,21+/m0/s1. The van der Waals surface area contributed by atoms with Crippen molar-refractivity contribution in [2.75, 3.05) is 44.2 Å². The molecule has 1 aromatic heterocycles. The third-order valence-corrected chi connectivity index (χ3v) is 5.62. The van der Waals surface area contributed by atoms with E-state index in [2.05, 4.69) is 45.1 Å². The number of fused-ring (bicyclic) bond motifs is 1. The van der Waals surface area contributed by atoms with Gasteiger partial charge in [-0.15, -0.1) is 0 Å². The lowest BCUT2D eigenvalue weighted by Crippen LogP contribution is -2.49. The molecular formula is C22H29N3O2. The van der Waals surface area contributed by atoms with Crippen molar-refractivity contribution in [3.63, 3.8) is 0 Å². The van der Waals surface area contributed by atoms with Crippen molar-refractivity contribution in [3.05, 3.63) is 59.8 Å². The number of aliphatic hydroxyl groups excluding tert-OH is 1. The Labute approximate surface area is 161 Å². The van der Waals surface area contributed by atoms with Crippen LogP contribution in [0.5, 0.6) is 0 Å². The van der Waals surface area contributed by atoms with Gasteiger partial charge in [0.2, 0.25) is 0 Å². The number of piperazine rings is 1. The van der Waals surface area contributed by atoms with E-state index in [0.717, 1.165) is 51.3 Å². The number of benzene rings is 1. The summed E-state index contributed by atoms with van der Waals surface area (Å²) in [6, 6.07) is 14.6. The Kier molecular flexibility index (Phi) is 6.02. The van der Waals surface area contributed by atoms with Crippen molar-refractivity contribution in [1.29, 1.82) is 0 Å². The van der Waals surface area contributed by atoms with Crippen LogP contribution in [0.1, 0.15) is 30.1 Å². The van der Waals surface area contributed by atoms with E-state index in [1.807, 2.05) is 18.3 Å². The summed E-state index contributed by atoms with van der Waals surface area (Å²) in [6.07, 6.45) is 4.87. The number of nitrogens with zero attached hydrogens (tertiary/aromatic N) is 3. The van der Waals surface area contributed by atoms with E-state index in [1.165, 1.54) is 11.1 Å². The Morgan fingerprint density at radius 1 is 1.07 bits per heavy atom. The van der Waals surface area contributed by atoms with Crippen LogP contribution in [0.15, 0.2) is 48.7 Å². The van der Waals surface area contributed by atoms with Gasteiger partial charge >= 0.3 is 0 Å². The fourth-order valence-electron chi connectivity index (χ4n) is 4.16. The third-order valence-electron chi connectivity index (χ3n) is 5.62. The van der Waals surface area contributed by atoms with Crippen molar-refractivity contribution >= 4 is 5.82 Å². The average Bonchev–Trinajstić information content (AvgIpc) is 2.73. The minimum atomic E-state index is -0.444. The van der Waals surface area contributed by atoms with Crippen LogP contribution >= 0.6 is 0 Å². The zero-order chi connectivity index (χ0) is 18.5. The minimum absolute atomic E-state index is 0.130. The van der Waals surface area contributed by atoms with Gasteiger partial charge in [0.25, 0.3) is 0 Å². The summed E-state index contributed by atoms with van der Waals surface area (Å²) in [5, 5.41) is 10.5. The van der Waals surface area contributed by atoms with Crippen LogP contribution in [0.2, 0.25) is 0 Å². The van der Waals surface area contributed by atoms with E-state index in [0.29, 0.717) is 13.2 Å². The predicted octanol–water partition coefficient (Wildman–Crippen LogP) is 2.66. The molecule has 27 heavy (non-hydrogen) atoms. The molecular weight excluding hydrogens is 338 g/mol. The lowest BCUT2D eigenvalue weighted by atomic mass is 9.89. The van der Waals surface area contributed by atoms with Gasteiger partial charge in [0, 0.05) is 38.9 Å². The zero-order valence-corrected chi connectivity index (χ0v) is 15.8. The van der Waals surface area contributed by atoms with E-state index >= 15 is 0 Å². The monoisotopic (exact) mass is 367 g/mol. The maximum Gasteiger partial charge on any atom is 0.128 e. The van der Waals surface area contributed by atoms with Crippen LogP contribution in [-0.4, -0.2) is 60.4 Å². The molecule has 1 saturated heterocycles. The van der Waals surface area contributed by atoms with Crippen molar-refractivity contribution in [1.82, 2.24) is 9.88 Å². The highest BCUT2D eigenvalue weighted by Gasteiger charge is 2.23. The second-order valence-corrected chi connectivity index (χ2v) is 7.54. The molecule has 2 heterocycles. The van der Waals surface area contributed by atoms with Gasteiger partial charge in [0.1, 0.15) is 5.82 Å². The summed E-state index contributed by atoms with van der Waals surface area (Å²) >= 11 is 0. The number of aromatic nitrogens is 1. The number of aliphatic hydroxyl groups is 1. The van der Waals surface area contributed by atoms with E-state index in [-0.39, 0.29) is 6.10 Å². The maximum atomic E-state index is 10.5. The SMILES string of the molecule is O[C@H](CO[C@@H]1CCCc2ccccc21)CN1CCN(c2ccccn2)CC1. The van der Waals surface area contributed by atoms with Crippen LogP contribution in [0.3, 0.4) is 0 Å². The van der Waals surface area contributed by atoms with Gasteiger partial charge in [-0.05, 0) is 42.5 Å². The number of β-amino-alcohol motifs (C(OH)–C–C–N with tert-alkyl or cyclic N) is 1. The molecule has 0 saturated carbocycles. The summed E-state index contributed by atoms with van der Waals surface area (Å²) in [5.41, 5.74) is 2.70. The second kappa shape index (κ2) is 8.83. The molecule has 0 amide bonds. The number of hydrogen-bond donors (Lipinski definition) is 1. The molecule has 1 aliphatic heterocycles. The molecule has 2 aromatic rings. The predicted molar refractivity (Wildman–Crippen MR) is 107 cm³/mol. The first-order chi connectivity index (χ1) is 13.3. The van der Waals surface area contributed by atoms with Gasteiger partial charge < -0.3 is 14.7 Å². The van der Waals surface area contributed by atoms with Crippen molar-refractivity contribution in [2.24, 2.45) is 0 Å². The summed E-state index contributed by atoms with van der Waals surface area (Å²) in [4.78, 5) is 9.05. The Morgan fingerprint density at radius 2 is 1.89 bits per heavy atom. The Morgan fingerprint density at radius 3 is 2.70 bits per heavy atom. The van der Waals surface area contributed by atoms with Crippen LogP contribution in [0, 0.1) is 0 Å². The topological polar surface area (TPSA) is 48.8 Å². The van der Waals surface area contributed by atoms with Crippen LogP contribution < -0.4 is 4.90 Å². The number of rotatable bonds is 6. The normalized spacial score (nSPS) is 21.7. The van der Waals surface area contributed by atoms with Crippen molar-refractivity contribution in [3.8, 4) is 0 Å². The van der Waals surface area contributed by atoms with Gasteiger partial charge in [-0.3, -0.25) is 4.90 Å². The van der Waals surface area contributed by atoms with Crippen LogP contribution in [-0.2, 0) is 11.2 Å².